The van der Waals surface area contributed by atoms with E-state index in [4.69, 9.17) is 4.74 Å². The van der Waals surface area contributed by atoms with Crippen LogP contribution in [0.2, 0.25) is 0 Å². The molecule has 1 heterocycles. The molecule has 1 aromatic carbocycles. The number of hydrogen-bond donors (Lipinski definition) is 2. The Morgan fingerprint density at radius 3 is 2.52 bits per heavy atom. The number of nitrogens with zero attached hydrogens (tertiary/aromatic N) is 2. The van der Waals surface area contributed by atoms with Crippen LogP contribution in [0.5, 0.6) is 5.75 Å². The first kappa shape index (κ1) is 19.2. The van der Waals surface area contributed by atoms with E-state index in [0.29, 0.717) is 13.0 Å². The molecule has 0 radical (unpaired) electrons. The van der Waals surface area contributed by atoms with E-state index in [1.165, 1.54) is 12.6 Å². The number of ether oxygens (including phenoxy) is 1. The largest absolute Gasteiger partial charge is 0.496 e. The Kier molecular flexibility index (Phi) is 7.21. The third kappa shape index (κ3) is 5.44. The molecule has 0 bridgehead atoms. The van der Waals surface area contributed by atoms with Crippen molar-refractivity contribution >= 4 is 11.9 Å². The highest BCUT2D eigenvalue weighted by Gasteiger charge is 2.24. The van der Waals surface area contributed by atoms with Gasteiger partial charge < -0.3 is 15.0 Å². The number of benzene rings is 1. The molecule has 1 aliphatic heterocycles. The third-order valence-corrected chi connectivity index (χ3v) is 4.68. The fourth-order valence-corrected chi connectivity index (χ4v) is 3.09. The molecule has 1 saturated heterocycles. The molecule has 1 unspecified atom stereocenters. The van der Waals surface area contributed by atoms with Gasteiger partial charge in [0.05, 0.1) is 7.11 Å². The molecule has 0 saturated carbocycles. The minimum absolute atomic E-state index is 0.246. The Balaban J connectivity index is 1.79. The zero-order chi connectivity index (χ0) is 18.2. The molecule has 138 valence electrons. The summed E-state index contributed by atoms with van der Waals surface area (Å²) in [7, 11) is 3.19. The number of piperazine rings is 1. The van der Waals surface area contributed by atoms with Crippen molar-refractivity contribution in [2.45, 2.75) is 19.4 Å². The molecule has 2 N–H and O–H groups in total. The lowest BCUT2D eigenvalue weighted by Gasteiger charge is -2.38. The van der Waals surface area contributed by atoms with Crippen LogP contribution >= 0.6 is 0 Å². The van der Waals surface area contributed by atoms with E-state index in [0.717, 1.165) is 31.9 Å². The topological polar surface area (TPSA) is 73.9 Å². The van der Waals surface area contributed by atoms with Gasteiger partial charge in [-0.1, -0.05) is 18.2 Å². The van der Waals surface area contributed by atoms with E-state index in [9.17, 15) is 9.59 Å². The summed E-state index contributed by atoms with van der Waals surface area (Å²) in [6, 6.07) is 7.95. The van der Waals surface area contributed by atoms with Gasteiger partial charge in [-0.05, 0) is 13.0 Å². The van der Waals surface area contributed by atoms with Crippen molar-refractivity contribution in [3.05, 3.63) is 29.8 Å². The zero-order valence-corrected chi connectivity index (χ0v) is 15.2. The number of rotatable bonds is 6. The number of para-hydroxylation sites is 1. The summed E-state index contributed by atoms with van der Waals surface area (Å²) in [5.74, 6) is 0.674. The Morgan fingerprint density at radius 2 is 1.88 bits per heavy atom. The summed E-state index contributed by atoms with van der Waals surface area (Å²) in [6.07, 6.45) is 0.329. The number of urea groups is 1. The minimum Gasteiger partial charge on any atom is -0.496 e. The molecule has 0 aromatic heterocycles. The average molecular weight is 348 g/mol. The molecule has 1 atom stereocenters. The fourth-order valence-electron chi connectivity index (χ4n) is 3.09. The Bertz CT molecular complexity index is 585. The minimum atomic E-state index is -0.458. The average Bonchev–Trinajstić information content (AvgIpc) is 2.66. The van der Waals surface area contributed by atoms with E-state index >= 15 is 0 Å². The first-order chi connectivity index (χ1) is 12.0. The second-order valence-electron chi connectivity index (χ2n) is 6.17. The van der Waals surface area contributed by atoms with Crippen LogP contribution in [0.25, 0.3) is 0 Å². The lowest BCUT2D eigenvalue weighted by molar-refractivity contribution is -0.120. The molecule has 0 aliphatic carbocycles. The highest BCUT2D eigenvalue weighted by Crippen LogP contribution is 2.29. The maximum absolute atomic E-state index is 11.7. The first-order valence-electron chi connectivity index (χ1n) is 8.66. The standard InChI is InChI=1S/C18H28N4O3/c1-14(15-6-4-5-7-16(15)25-3)22-12-10-21(11-13-22)9-8-17(23)20-18(24)19-2/h4-7,14H,8-13H2,1-3H3,(H2,19,20,23,24). The van der Waals surface area contributed by atoms with Crippen LogP contribution in [0.3, 0.4) is 0 Å². The Hall–Kier alpha value is -2.12. The van der Waals surface area contributed by atoms with Gasteiger partial charge in [-0.3, -0.25) is 15.0 Å². The maximum atomic E-state index is 11.7. The second-order valence-corrected chi connectivity index (χ2v) is 6.17. The zero-order valence-electron chi connectivity index (χ0n) is 15.2. The SMILES string of the molecule is CNC(=O)NC(=O)CCN1CCN(C(C)c2ccccc2OC)CC1. The van der Waals surface area contributed by atoms with E-state index < -0.39 is 6.03 Å². The summed E-state index contributed by atoms with van der Waals surface area (Å²) in [4.78, 5) is 27.5. The van der Waals surface area contributed by atoms with Crippen LogP contribution in [0.4, 0.5) is 4.79 Å². The van der Waals surface area contributed by atoms with Crippen molar-refractivity contribution in [1.82, 2.24) is 20.4 Å². The summed E-state index contributed by atoms with van der Waals surface area (Å²) < 4.78 is 5.47. The molecular formula is C18H28N4O3. The van der Waals surface area contributed by atoms with Crippen molar-refractivity contribution in [2.24, 2.45) is 0 Å². The van der Waals surface area contributed by atoms with Gasteiger partial charge in [0.15, 0.2) is 0 Å². The maximum Gasteiger partial charge on any atom is 0.321 e. The molecule has 2 rings (SSSR count). The van der Waals surface area contributed by atoms with E-state index in [1.807, 2.05) is 18.2 Å². The van der Waals surface area contributed by atoms with Gasteiger partial charge in [-0.2, -0.15) is 0 Å². The summed E-state index contributed by atoms with van der Waals surface area (Å²) in [5.41, 5.74) is 1.20. The van der Waals surface area contributed by atoms with E-state index in [-0.39, 0.29) is 11.9 Å². The monoisotopic (exact) mass is 348 g/mol. The third-order valence-electron chi connectivity index (χ3n) is 4.68. The van der Waals surface area contributed by atoms with E-state index in [2.05, 4.69) is 33.4 Å². The summed E-state index contributed by atoms with van der Waals surface area (Å²) in [5, 5.41) is 4.67. The van der Waals surface area contributed by atoms with Crippen LogP contribution < -0.4 is 15.4 Å². The molecule has 0 spiro atoms. The highest BCUT2D eigenvalue weighted by atomic mass is 16.5. The summed E-state index contributed by atoms with van der Waals surface area (Å²) >= 11 is 0. The molecule has 25 heavy (non-hydrogen) atoms. The van der Waals surface area contributed by atoms with Crippen LogP contribution in [-0.2, 0) is 4.79 Å². The number of nitrogens with one attached hydrogen (secondary N) is 2. The normalized spacial score (nSPS) is 16.9. The highest BCUT2D eigenvalue weighted by molar-refractivity contribution is 5.94. The first-order valence-corrected chi connectivity index (χ1v) is 8.66. The Morgan fingerprint density at radius 1 is 1.20 bits per heavy atom. The predicted octanol–water partition coefficient (Wildman–Crippen LogP) is 1.22. The quantitative estimate of drug-likeness (QED) is 0.809. The van der Waals surface area contributed by atoms with Gasteiger partial charge in [0.25, 0.3) is 0 Å². The predicted molar refractivity (Wildman–Crippen MR) is 96.6 cm³/mol. The van der Waals surface area contributed by atoms with Crippen molar-refractivity contribution in [3.63, 3.8) is 0 Å². The van der Waals surface area contributed by atoms with Crippen molar-refractivity contribution < 1.29 is 14.3 Å². The number of amides is 3. The molecule has 3 amide bonds. The van der Waals surface area contributed by atoms with Crippen molar-refractivity contribution in [1.29, 1.82) is 0 Å². The number of carbonyl (C=O) groups excluding carboxylic acids is 2. The van der Waals surface area contributed by atoms with Crippen molar-refractivity contribution in [2.75, 3.05) is 46.9 Å². The van der Waals surface area contributed by atoms with Crippen LogP contribution in [0.1, 0.15) is 24.9 Å². The number of carbonyl (C=O) groups is 2. The molecular weight excluding hydrogens is 320 g/mol. The second kappa shape index (κ2) is 9.39. The van der Waals surface area contributed by atoms with Gasteiger partial charge >= 0.3 is 6.03 Å². The van der Waals surface area contributed by atoms with Gasteiger partial charge in [0, 0.05) is 57.8 Å². The number of imide groups is 1. The summed E-state index contributed by atoms with van der Waals surface area (Å²) in [6.45, 7) is 6.57. The van der Waals surface area contributed by atoms with Gasteiger partial charge in [-0.15, -0.1) is 0 Å². The molecule has 1 aromatic rings. The van der Waals surface area contributed by atoms with Gasteiger partial charge in [0.1, 0.15) is 5.75 Å². The van der Waals surface area contributed by atoms with Gasteiger partial charge in [0.2, 0.25) is 5.91 Å². The smallest absolute Gasteiger partial charge is 0.321 e. The van der Waals surface area contributed by atoms with Gasteiger partial charge in [-0.25, -0.2) is 4.79 Å². The lowest BCUT2D eigenvalue weighted by Crippen LogP contribution is -2.48. The number of methoxy groups -OCH3 is 1. The van der Waals surface area contributed by atoms with Crippen LogP contribution in [-0.4, -0.2) is 68.6 Å². The lowest BCUT2D eigenvalue weighted by atomic mass is 10.0. The molecule has 1 aliphatic rings. The Labute approximate surface area is 149 Å². The molecule has 7 heteroatoms. The fraction of sp³-hybridized carbons (Fsp3) is 0.556. The molecule has 1 fully saturated rings. The molecule has 7 nitrogen and oxygen atoms in total. The van der Waals surface area contributed by atoms with Crippen LogP contribution in [0.15, 0.2) is 24.3 Å². The van der Waals surface area contributed by atoms with Crippen molar-refractivity contribution in [3.8, 4) is 5.75 Å². The number of hydrogen-bond acceptors (Lipinski definition) is 5. The van der Waals surface area contributed by atoms with E-state index in [1.54, 1.807) is 7.11 Å². The van der Waals surface area contributed by atoms with Crippen LogP contribution in [0, 0.1) is 0 Å².